The third-order valence-electron chi connectivity index (χ3n) is 4.00. The summed E-state index contributed by atoms with van der Waals surface area (Å²) in [6, 6.07) is 19.5. The van der Waals surface area contributed by atoms with Gasteiger partial charge in [-0.1, -0.05) is 24.3 Å². The quantitative estimate of drug-likeness (QED) is 0.584. The molecule has 150 valence electrons. The molecule has 0 aliphatic rings. The maximum atomic E-state index is 13.2. The number of hydrogen-bond donors (Lipinski definition) is 2. The van der Waals surface area contributed by atoms with Crippen molar-refractivity contribution in [1.82, 2.24) is 0 Å². The summed E-state index contributed by atoms with van der Waals surface area (Å²) in [7, 11) is -3.90. The highest BCUT2D eigenvalue weighted by atomic mass is 32.2. The van der Waals surface area contributed by atoms with E-state index in [0.717, 1.165) is 6.07 Å². The lowest BCUT2D eigenvalue weighted by molar-refractivity contribution is -0.111. The Bertz CT molecular complexity index is 1250. The zero-order valence-electron chi connectivity index (χ0n) is 15.5. The van der Waals surface area contributed by atoms with Crippen LogP contribution in [0.3, 0.4) is 0 Å². The minimum atomic E-state index is -3.90. The van der Waals surface area contributed by atoms with E-state index in [2.05, 4.69) is 10.0 Å². The van der Waals surface area contributed by atoms with Crippen molar-refractivity contribution < 1.29 is 17.6 Å². The highest BCUT2D eigenvalue weighted by molar-refractivity contribution is 7.92. The van der Waals surface area contributed by atoms with Crippen LogP contribution in [0.5, 0.6) is 0 Å². The first-order chi connectivity index (χ1) is 14.4. The van der Waals surface area contributed by atoms with Gasteiger partial charge in [0.25, 0.3) is 10.0 Å². The SMILES string of the molecule is N#Cc1ccccc1/C=C/C(=O)Nc1ccc(S(=O)(=O)Nc2cccc(F)c2)cc1. The molecule has 0 saturated heterocycles. The smallest absolute Gasteiger partial charge is 0.261 e. The number of hydrogen-bond acceptors (Lipinski definition) is 4. The van der Waals surface area contributed by atoms with Crippen molar-refractivity contribution in [2.24, 2.45) is 0 Å². The number of carbonyl (C=O) groups excluding carboxylic acids is 1. The number of nitrogens with one attached hydrogen (secondary N) is 2. The summed E-state index contributed by atoms with van der Waals surface area (Å²) in [4.78, 5) is 12.1. The Morgan fingerprint density at radius 1 is 0.967 bits per heavy atom. The number of amides is 1. The molecule has 0 fully saturated rings. The Balaban J connectivity index is 1.67. The van der Waals surface area contributed by atoms with E-state index in [1.807, 2.05) is 6.07 Å². The fraction of sp³-hybridized carbons (Fsp3) is 0. The van der Waals surface area contributed by atoms with E-state index >= 15 is 0 Å². The highest BCUT2D eigenvalue weighted by Crippen LogP contribution is 2.19. The molecule has 0 saturated carbocycles. The van der Waals surface area contributed by atoms with Crippen LogP contribution in [0.15, 0.2) is 83.8 Å². The molecule has 0 bridgehead atoms. The maximum absolute atomic E-state index is 13.2. The van der Waals surface area contributed by atoms with Crippen molar-refractivity contribution >= 4 is 33.4 Å². The van der Waals surface area contributed by atoms with Crippen LogP contribution < -0.4 is 10.0 Å². The van der Waals surface area contributed by atoms with Gasteiger partial charge >= 0.3 is 0 Å². The summed E-state index contributed by atoms with van der Waals surface area (Å²) in [6.45, 7) is 0. The second-order valence-electron chi connectivity index (χ2n) is 6.16. The summed E-state index contributed by atoms with van der Waals surface area (Å²) in [5.41, 5.74) is 1.56. The Kier molecular flexibility index (Phi) is 6.25. The van der Waals surface area contributed by atoms with Gasteiger partial charge in [-0.15, -0.1) is 0 Å². The molecule has 1 amide bonds. The first-order valence-corrected chi connectivity index (χ1v) is 10.2. The van der Waals surface area contributed by atoms with Crippen molar-refractivity contribution in [2.45, 2.75) is 4.90 Å². The van der Waals surface area contributed by atoms with E-state index in [-0.39, 0.29) is 10.6 Å². The van der Waals surface area contributed by atoms with Gasteiger partial charge < -0.3 is 5.32 Å². The molecule has 0 aliphatic heterocycles. The third kappa shape index (κ3) is 5.31. The van der Waals surface area contributed by atoms with Crippen molar-refractivity contribution in [3.05, 3.63) is 95.8 Å². The number of nitrogens with zero attached hydrogens (tertiary/aromatic N) is 1. The molecule has 0 spiro atoms. The van der Waals surface area contributed by atoms with Gasteiger partial charge in [0.2, 0.25) is 5.91 Å². The fourth-order valence-corrected chi connectivity index (χ4v) is 3.63. The number of sulfonamides is 1. The van der Waals surface area contributed by atoms with Crippen molar-refractivity contribution in [3.8, 4) is 6.07 Å². The van der Waals surface area contributed by atoms with Crippen molar-refractivity contribution in [3.63, 3.8) is 0 Å². The monoisotopic (exact) mass is 421 g/mol. The van der Waals surface area contributed by atoms with Gasteiger partial charge in [-0.2, -0.15) is 5.26 Å². The molecule has 3 aromatic rings. The summed E-state index contributed by atoms with van der Waals surface area (Å²) in [6.07, 6.45) is 2.81. The van der Waals surface area contributed by atoms with E-state index in [1.165, 1.54) is 54.6 Å². The normalized spacial score (nSPS) is 11.1. The van der Waals surface area contributed by atoms with Gasteiger partial charge in [-0.3, -0.25) is 9.52 Å². The predicted octanol–water partition coefficient (Wildman–Crippen LogP) is 4.15. The average molecular weight is 421 g/mol. The molecular weight excluding hydrogens is 405 g/mol. The molecular formula is C22H16FN3O3S. The molecule has 8 heteroatoms. The molecule has 3 aromatic carbocycles. The molecule has 0 aromatic heterocycles. The molecule has 0 aliphatic carbocycles. The Morgan fingerprint density at radius 3 is 2.40 bits per heavy atom. The van der Waals surface area contributed by atoms with Crippen LogP contribution in [0.4, 0.5) is 15.8 Å². The van der Waals surface area contributed by atoms with Gasteiger partial charge in [0.15, 0.2) is 0 Å². The van der Waals surface area contributed by atoms with Gasteiger partial charge in [-0.05, 0) is 60.2 Å². The van der Waals surface area contributed by atoms with E-state index in [1.54, 1.807) is 24.3 Å². The van der Waals surface area contributed by atoms with Crippen LogP contribution in [-0.2, 0) is 14.8 Å². The molecule has 0 heterocycles. The molecule has 6 nitrogen and oxygen atoms in total. The van der Waals surface area contributed by atoms with Crippen LogP contribution in [0.2, 0.25) is 0 Å². The second-order valence-corrected chi connectivity index (χ2v) is 7.84. The summed E-state index contributed by atoms with van der Waals surface area (Å²) >= 11 is 0. The Labute approximate surface area is 173 Å². The van der Waals surface area contributed by atoms with E-state index in [9.17, 15) is 17.6 Å². The number of nitriles is 1. The molecule has 0 radical (unpaired) electrons. The zero-order valence-corrected chi connectivity index (χ0v) is 16.4. The number of carbonyl (C=O) groups is 1. The number of rotatable bonds is 6. The summed E-state index contributed by atoms with van der Waals surface area (Å²) < 4.78 is 40.3. The third-order valence-corrected chi connectivity index (χ3v) is 5.40. The highest BCUT2D eigenvalue weighted by Gasteiger charge is 2.14. The van der Waals surface area contributed by atoms with Crippen LogP contribution in [0.1, 0.15) is 11.1 Å². The van der Waals surface area contributed by atoms with Gasteiger partial charge in [-0.25, -0.2) is 12.8 Å². The largest absolute Gasteiger partial charge is 0.323 e. The first-order valence-electron chi connectivity index (χ1n) is 8.74. The lowest BCUT2D eigenvalue weighted by Crippen LogP contribution is -2.13. The minimum absolute atomic E-state index is 0.0387. The van der Waals surface area contributed by atoms with Crippen LogP contribution in [0.25, 0.3) is 6.08 Å². The van der Waals surface area contributed by atoms with Crippen molar-refractivity contribution in [1.29, 1.82) is 5.26 Å². The number of benzene rings is 3. The fourth-order valence-electron chi connectivity index (χ4n) is 2.58. The van der Waals surface area contributed by atoms with Gasteiger partial charge in [0.1, 0.15) is 5.82 Å². The van der Waals surface area contributed by atoms with Crippen LogP contribution >= 0.6 is 0 Å². The standard InChI is InChI=1S/C22H16FN3O3S/c23-18-6-3-7-20(14-18)26-30(28,29)21-11-9-19(10-12-21)25-22(27)13-8-16-4-1-2-5-17(16)15-24/h1-14,26H,(H,25,27)/b13-8+. The Hall–Kier alpha value is -3.96. The van der Waals surface area contributed by atoms with E-state index < -0.39 is 21.7 Å². The number of anilines is 2. The zero-order chi connectivity index (χ0) is 21.6. The van der Waals surface area contributed by atoms with Gasteiger partial charge in [0, 0.05) is 11.8 Å². The van der Waals surface area contributed by atoms with Crippen LogP contribution in [-0.4, -0.2) is 14.3 Å². The van der Waals surface area contributed by atoms with E-state index in [0.29, 0.717) is 16.8 Å². The second kappa shape index (κ2) is 9.03. The summed E-state index contributed by atoms with van der Waals surface area (Å²) in [5, 5.41) is 11.7. The molecule has 0 atom stereocenters. The average Bonchev–Trinajstić information content (AvgIpc) is 2.72. The van der Waals surface area contributed by atoms with E-state index in [4.69, 9.17) is 5.26 Å². The van der Waals surface area contributed by atoms with Crippen LogP contribution in [0, 0.1) is 17.1 Å². The Morgan fingerprint density at radius 2 is 1.70 bits per heavy atom. The molecule has 30 heavy (non-hydrogen) atoms. The minimum Gasteiger partial charge on any atom is -0.323 e. The van der Waals surface area contributed by atoms with Gasteiger partial charge in [0.05, 0.1) is 22.2 Å². The molecule has 2 N–H and O–H groups in total. The maximum Gasteiger partial charge on any atom is 0.261 e. The predicted molar refractivity (Wildman–Crippen MR) is 112 cm³/mol. The van der Waals surface area contributed by atoms with Crippen molar-refractivity contribution in [2.75, 3.05) is 10.0 Å². The lowest BCUT2D eigenvalue weighted by atomic mass is 10.1. The summed E-state index contributed by atoms with van der Waals surface area (Å²) in [5.74, 6) is -0.991. The molecule has 3 rings (SSSR count). The lowest BCUT2D eigenvalue weighted by Gasteiger charge is -2.09. The topological polar surface area (TPSA) is 99.1 Å². The molecule has 0 unspecified atom stereocenters. The first kappa shape index (κ1) is 20.8. The number of halogens is 1.